The molecule has 6 nitrogen and oxygen atoms in total. The van der Waals surface area contributed by atoms with Crippen LogP contribution in [0.1, 0.15) is 37.5 Å². The maximum atomic E-state index is 13.2. The Morgan fingerprint density at radius 1 is 1.36 bits per heavy atom. The van der Waals surface area contributed by atoms with Gasteiger partial charge in [0, 0.05) is 17.3 Å². The van der Waals surface area contributed by atoms with Crippen molar-refractivity contribution in [3.05, 3.63) is 39.3 Å². The number of nitrogens with two attached hydrogens (primary N) is 1. The summed E-state index contributed by atoms with van der Waals surface area (Å²) in [5.74, 6) is -0.0423. The van der Waals surface area contributed by atoms with Crippen LogP contribution in [0, 0.1) is 12.8 Å². The second-order valence-corrected chi connectivity index (χ2v) is 7.10. The first-order valence-corrected chi connectivity index (χ1v) is 8.75. The molecule has 1 amide bonds. The van der Waals surface area contributed by atoms with Crippen LogP contribution in [0.2, 0.25) is 5.02 Å². The summed E-state index contributed by atoms with van der Waals surface area (Å²) in [6, 6.07) is 5.35. The largest absolute Gasteiger partial charge is 0.369 e. The number of halogens is 1. The topological polar surface area (TPSA) is 91.1 Å². The maximum absolute atomic E-state index is 13.2. The van der Waals surface area contributed by atoms with E-state index in [0.717, 1.165) is 19.3 Å². The molecule has 4 rings (SSSR count). The van der Waals surface area contributed by atoms with E-state index in [9.17, 15) is 9.59 Å². The summed E-state index contributed by atoms with van der Waals surface area (Å²) in [5.41, 5.74) is 6.56. The summed E-state index contributed by atoms with van der Waals surface area (Å²) in [6.45, 7) is 1.72. The summed E-state index contributed by atoms with van der Waals surface area (Å²) in [7, 11) is 0. The summed E-state index contributed by atoms with van der Waals surface area (Å²) in [6.07, 6.45) is 3.01. The minimum Gasteiger partial charge on any atom is -0.369 e. The van der Waals surface area contributed by atoms with Gasteiger partial charge in [0.25, 0.3) is 5.56 Å². The highest BCUT2D eigenvalue weighted by molar-refractivity contribution is 6.37. The Labute approximate surface area is 148 Å². The van der Waals surface area contributed by atoms with Crippen LogP contribution in [0.5, 0.6) is 0 Å². The van der Waals surface area contributed by atoms with Gasteiger partial charge < -0.3 is 14.8 Å². The van der Waals surface area contributed by atoms with Gasteiger partial charge in [0.05, 0.1) is 10.5 Å². The molecule has 2 aromatic heterocycles. The van der Waals surface area contributed by atoms with E-state index in [0.29, 0.717) is 39.0 Å². The number of benzene rings is 1. The lowest BCUT2D eigenvalue weighted by Crippen LogP contribution is -2.33. The number of aromatic nitrogens is 2. The molecule has 0 bridgehead atoms. The third kappa shape index (κ3) is 2.43. The van der Waals surface area contributed by atoms with Crippen molar-refractivity contribution in [2.45, 2.75) is 38.6 Å². The first-order chi connectivity index (χ1) is 12.0. The molecule has 3 aromatic rings. The van der Waals surface area contributed by atoms with Gasteiger partial charge in [-0.1, -0.05) is 29.2 Å². The minimum atomic E-state index is -0.303. The van der Waals surface area contributed by atoms with Gasteiger partial charge in [-0.15, -0.1) is 0 Å². The van der Waals surface area contributed by atoms with Crippen LogP contribution < -0.4 is 11.3 Å². The van der Waals surface area contributed by atoms with Gasteiger partial charge in [-0.25, -0.2) is 0 Å². The number of aryl methyl sites for hydroxylation is 1. The summed E-state index contributed by atoms with van der Waals surface area (Å²) >= 11 is 6.42. The van der Waals surface area contributed by atoms with E-state index < -0.39 is 0 Å². The SMILES string of the molecule is Cc1onc2c1c(=O)n([C@H]1CCC[C@@H](C(N)=O)C1)c1cccc(Cl)c21. The molecule has 1 aromatic carbocycles. The number of nitrogens with zero attached hydrogens (tertiary/aromatic N) is 2. The highest BCUT2D eigenvalue weighted by Crippen LogP contribution is 2.36. The van der Waals surface area contributed by atoms with E-state index in [4.69, 9.17) is 21.9 Å². The number of fused-ring (bicyclic) bond motifs is 3. The number of carbonyl (C=O) groups excluding carboxylic acids is 1. The monoisotopic (exact) mass is 359 g/mol. The van der Waals surface area contributed by atoms with Gasteiger partial charge in [-0.3, -0.25) is 9.59 Å². The van der Waals surface area contributed by atoms with Crippen LogP contribution in [-0.2, 0) is 4.79 Å². The van der Waals surface area contributed by atoms with E-state index in [1.807, 2.05) is 12.1 Å². The highest BCUT2D eigenvalue weighted by Gasteiger charge is 2.30. The number of carbonyl (C=O) groups is 1. The predicted octanol–water partition coefficient (Wildman–Crippen LogP) is 3.32. The van der Waals surface area contributed by atoms with Gasteiger partial charge in [0.1, 0.15) is 16.7 Å². The van der Waals surface area contributed by atoms with Crippen molar-refractivity contribution in [2.24, 2.45) is 11.7 Å². The van der Waals surface area contributed by atoms with Crippen LogP contribution in [0.4, 0.5) is 0 Å². The molecule has 1 aliphatic rings. The van der Waals surface area contributed by atoms with Gasteiger partial charge in [-0.05, 0) is 38.3 Å². The predicted molar refractivity (Wildman–Crippen MR) is 95.7 cm³/mol. The Morgan fingerprint density at radius 2 is 2.16 bits per heavy atom. The number of hydrogen-bond donors (Lipinski definition) is 1. The molecular formula is C18H18ClN3O3. The van der Waals surface area contributed by atoms with Crippen LogP contribution in [-0.4, -0.2) is 15.6 Å². The van der Waals surface area contributed by atoms with Gasteiger partial charge in [0.2, 0.25) is 5.91 Å². The average molecular weight is 360 g/mol. The van der Waals surface area contributed by atoms with Crippen molar-refractivity contribution in [2.75, 3.05) is 0 Å². The molecule has 0 aliphatic heterocycles. The molecule has 2 atom stereocenters. The third-order valence-corrected chi connectivity index (χ3v) is 5.51. The Balaban J connectivity index is 2.03. The zero-order valence-corrected chi connectivity index (χ0v) is 14.5. The molecule has 0 unspecified atom stereocenters. The van der Waals surface area contributed by atoms with Crippen molar-refractivity contribution in [1.82, 2.24) is 9.72 Å². The zero-order valence-electron chi connectivity index (χ0n) is 13.8. The molecule has 0 spiro atoms. The number of primary amides is 1. The fourth-order valence-corrected chi connectivity index (χ4v) is 4.25. The standard InChI is InChI=1S/C18H18ClN3O3/c1-9-14-16(21-25-9)15-12(19)6-3-7-13(15)22(18(14)24)11-5-2-4-10(8-11)17(20)23/h3,6-7,10-11H,2,4-5,8H2,1H3,(H2,20,23)/t10-,11+/m1/s1. The number of hydrogen-bond acceptors (Lipinski definition) is 4. The van der Waals surface area contributed by atoms with Crippen LogP contribution in [0.15, 0.2) is 27.5 Å². The number of rotatable bonds is 2. The molecule has 130 valence electrons. The normalized spacial score (nSPS) is 21.0. The van der Waals surface area contributed by atoms with E-state index in [2.05, 4.69) is 5.16 Å². The van der Waals surface area contributed by atoms with Crippen LogP contribution >= 0.6 is 11.6 Å². The lowest BCUT2D eigenvalue weighted by atomic mass is 9.85. The van der Waals surface area contributed by atoms with Crippen molar-refractivity contribution in [1.29, 1.82) is 0 Å². The molecule has 25 heavy (non-hydrogen) atoms. The van der Waals surface area contributed by atoms with Gasteiger partial charge in [-0.2, -0.15) is 0 Å². The fourth-order valence-electron chi connectivity index (χ4n) is 3.99. The smallest absolute Gasteiger partial charge is 0.264 e. The highest BCUT2D eigenvalue weighted by atomic mass is 35.5. The molecule has 2 heterocycles. The quantitative estimate of drug-likeness (QED) is 0.759. The second kappa shape index (κ2) is 5.88. The van der Waals surface area contributed by atoms with E-state index in [1.165, 1.54) is 0 Å². The maximum Gasteiger partial charge on any atom is 0.264 e. The molecular weight excluding hydrogens is 342 g/mol. The Hall–Kier alpha value is -2.34. The van der Waals surface area contributed by atoms with E-state index in [1.54, 1.807) is 17.6 Å². The Kier molecular flexibility index (Phi) is 3.80. The molecule has 1 fully saturated rings. The van der Waals surface area contributed by atoms with Crippen LogP contribution in [0.25, 0.3) is 21.8 Å². The second-order valence-electron chi connectivity index (χ2n) is 6.69. The Bertz CT molecular complexity index is 1050. The molecule has 1 aliphatic carbocycles. The van der Waals surface area contributed by atoms with E-state index in [-0.39, 0.29) is 23.4 Å². The van der Waals surface area contributed by atoms with Crippen molar-refractivity contribution in [3.8, 4) is 0 Å². The number of pyridine rings is 1. The lowest BCUT2D eigenvalue weighted by molar-refractivity contribution is -0.123. The zero-order chi connectivity index (χ0) is 17.7. The molecule has 1 saturated carbocycles. The fraction of sp³-hybridized carbons (Fsp3) is 0.389. The first kappa shape index (κ1) is 16.1. The van der Waals surface area contributed by atoms with Gasteiger partial charge in [0.15, 0.2) is 0 Å². The molecule has 0 saturated heterocycles. The molecule has 7 heteroatoms. The Morgan fingerprint density at radius 3 is 2.92 bits per heavy atom. The summed E-state index contributed by atoms with van der Waals surface area (Å²) in [5, 5.41) is 5.72. The molecule has 2 N–H and O–H groups in total. The van der Waals surface area contributed by atoms with Crippen molar-refractivity contribution < 1.29 is 9.32 Å². The lowest BCUT2D eigenvalue weighted by Gasteiger charge is -2.30. The third-order valence-electron chi connectivity index (χ3n) is 5.20. The summed E-state index contributed by atoms with van der Waals surface area (Å²) in [4.78, 5) is 24.9. The van der Waals surface area contributed by atoms with Crippen LogP contribution in [0.3, 0.4) is 0 Å². The minimum absolute atomic E-state index is 0.0987. The average Bonchev–Trinajstić information content (AvgIpc) is 2.97. The number of amides is 1. The summed E-state index contributed by atoms with van der Waals surface area (Å²) < 4.78 is 7.02. The van der Waals surface area contributed by atoms with E-state index >= 15 is 0 Å². The molecule has 0 radical (unpaired) electrons. The van der Waals surface area contributed by atoms with Crippen molar-refractivity contribution in [3.63, 3.8) is 0 Å². The first-order valence-electron chi connectivity index (χ1n) is 8.37. The van der Waals surface area contributed by atoms with Crippen molar-refractivity contribution >= 4 is 39.3 Å². The van der Waals surface area contributed by atoms with Gasteiger partial charge >= 0.3 is 0 Å².